The molecule has 0 aromatic carbocycles. The Balaban J connectivity index is 2.74. The highest BCUT2D eigenvalue weighted by Crippen LogP contribution is 2.27. The zero-order valence-electron chi connectivity index (χ0n) is 12.2. The zero-order valence-corrected chi connectivity index (χ0v) is 12.2. The Morgan fingerprint density at radius 2 is 2.05 bits per heavy atom. The molecule has 0 aliphatic carbocycles. The first kappa shape index (κ1) is 16.4. The molecule has 1 rings (SSSR count). The molecule has 0 bridgehead atoms. The first-order valence-corrected chi connectivity index (χ1v) is 6.91. The second kappa shape index (κ2) is 7.23. The van der Waals surface area contributed by atoms with Gasteiger partial charge in [0.2, 0.25) is 5.91 Å². The number of rotatable bonds is 4. The molecule has 3 unspecified atom stereocenters. The van der Waals surface area contributed by atoms with Gasteiger partial charge in [0.25, 0.3) is 0 Å². The topological polar surface area (TPSA) is 98.7 Å². The Kier molecular flexibility index (Phi) is 5.94. The van der Waals surface area contributed by atoms with Crippen LogP contribution in [0.4, 0.5) is 4.79 Å². The van der Waals surface area contributed by atoms with Gasteiger partial charge in [0.05, 0.1) is 6.04 Å². The van der Waals surface area contributed by atoms with Gasteiger partial charge in [-0.25, -0.2) is 4.79 Å². The number of nitrogens with zero attached hydrogens (tertiary/aromatic N) is 1. The minimum atomic E-state index is -0.914. The minimum Gasteiger partial charge on any atom is -0.480 e. The Morgan fingerprint density at radius 3 is 2.55 bits per heavy atom. The molecular weight excluding hydrogens is 262 g/mol. The predicted octanol–water partition coefficient (Wildman–Crippen LogP) is 0.406. The number of carbonyl (C=O) groups is 3. The summed E-state index contributed by atoms with van der Waals surface area (Å²) in [5.74, 6) is -1.02. The molecule has 3 N–H and O–H groups in total. The zero-order chi connectivity index (χ0) is 15.3. The molecular formula is C13H23N3O4. The van der Waals surface area contributed by atoms with Crippen LogP contribution >= 0.6 is 0 Å². The Morgan fingerprint density at radius 1 is 1.40 bits per heavy atom. The number of carbonyl (C=O) groups excluding carboxylic acids is 2. The van der Waals surface area contributed by atoms with Gasteiger partial charge >= 0.3 is 12.0 Å². The van der Waals surface area contributed by atoms with Crippen molar-refractivity contribution in [1.82, 2.24) is 15.5 Å². The van der Waals surface area contributed by atoms with Crippen LogP contribution in [0.5, 0.6) is 0 Å². The van der Waals surface area contributed by atoms with Gasteiger partial charge in [0.1, 0.15) is 6.04 Å². The van der Waals surface area contributed by atoms with Gasteiger partial charge in [0.15, 0.2) is 0 Å². The van der Waals surface area contributed by atoms with E-state index in [0.29, 0.717) is 18.9 Å². The highest BCUT2D eigenvalue weighted by Gasteiger charge is 2.37. The molecule has 114 valence electrons. The SMILES string of the molecule is CCC1CCN(C(C)C(=O)NC(=O)NC)C(C(=O)O)C1. The number of carboxylic acids is 1. The van der Waals surface area contributed by atoms with E-state index in [0.717, 1.165) is 12.8 Å². The number of urea groups is 1. The number of hydrogen-bond acceptors (Lipinski definition) is 4. The van der Waals surface area contributed by atoms with Crippen LogP contribution < -0.4 is 10.6 Å². The van der Waals surface area contributed by atoms with E-state index in [-0.39, 0.29) is 0 Å². The average molecular weight is 285 g/mol. The predicted molar refractivity (Wildman–Crippen MR) is 73.2 cm³/mol. The fourth-order valence-corrected chi connectivity index (χ4v) is 2.56. The molecule has 1 saturated heterocycles. The van der Waals surface area contributed by atoms with Gasteiger partial charge in [-0.15, -0.1) is 0 Å². The third-order valence-corrected chi connectivity index (χ3v) is 3.96. The van der Waals surface area contributed by atoms with Gasteiger partial charge in [-0.3, -0.25) is 19.8 Å². The molecule has 7 heteroatoms. The third-order valence-electron chi connectivity index (χ3n) is 3.96. The highest BCUT2D eigenvalue weighted by atomic mass is 16.4. The number of carboxylic acid groups (broad SMARTS) is 1. The van der Waals surface area contributed by atoms with E-state index in [1.165, 1.54) is 7.05 Å². The van der Waals surface area contributed by atoms with E-state index in [9.17, 15) is 19.5 Å². The van der Waals surface area contributed by atoms with Crippen LogP contribution in [0.3, 0.4) is 0 Å². The second-order valence-corrected chi connectivity index (χ2v) is 5.13. The summed E-state index contributed by atoms with van der Waals surface area (Å²) in [6, 6.07) is -1.90. The summed E-state index contributed by atoms with van der Waals surface area (Å²) in [6.45, 7) is 4.22. The van der Waals surface area contributed by atoms with Crippen LogP contribution in [-0.4, -0.2) is 53.6 Å². The lowest BCUT2D eigenvalue weighted by atomic mass is 9.88. The van der Waals surface area contributed by atoms with Crippen molar-refractivity contribution in [3.63, 3.8) is 0 Å². The van der Waals surface area contributed by atoms with Gasteiger partial charge in [0, 0.05) is 13.6 Å². The molecule has 0 spiro atoms. The van der Waals surface area contributed by atoms with Crippen molar-refractivity contribution in [2.45, 2.75) is 45.2 Å². The lowest BCUT2D eigenvalue weighted by Gasteiger charge is -2.39. The largest absolute Gasteiger partial charge is 0.480 e. The molecule has 1 aliphatic rings. The number of aliphatic carboxylic acids is 1. The standard InChI is InChI=1S/C13H23N3O4/c1-4-9-5-6-16(10(7-9)12(18)19)8(2)11(17)15-13(20)14-3/h8-10H,4-7H2,1-3H3,(H,18,19)(H2,14,15,17,20). The van der Waals surface area contributed by atoms with Gasteiger partial charge in [-0.2, -0.15) is 0 Å². The van der Waals surface area contributed by atoms with Crippen molar-refractivity contribution in [2.24, 2.45) is 5.92 Å². The molecule has 20 heavy (non-hydrogen) atoms. The first-order chi connectivity index (χ1) is 9.40. The van der Waals surface area contributed by atoms with Crippen LogP contribution in [0.15, 0.2) is 0 Å². The number of nitrogens with one attached hydrogen (secondary N) is 2. The smallest absolute Gasteiger partial charge is 0.321 e. The number of piperidine rings is 1. The number of imide groups is 1. The van der Waals surface area contributed by atoms with Gasteiger partial charge < -0.3 is 10.4 Å². The van der Waals surface area contributed by atoms with Crippen molar-refractivity contribution < 1.29 is 19.5 Å². The monoisotopic (exact) mass is 285 g/mol. The summed E-state index contributed by atoms with van der Waals surface area (Å²) in [6.07, 6.45) is 2.36. The quantitative estimate of drug-likeness (QED) is 0.694. The summed E-state index contributed by atoms with van der Waals surface area (Å²) >= 11 is 0. The Labute approximate surface area is 118 Å². The fraction of sp³-hybridized carbons (Fsp3) is 0.769. The fourth-order valence-electron chi connectivity index (χ4n) is 2.56. The van der Waals surface area contributed by atoms with Crippen molar-refractivity contribution in [2.75, 3.05) is 13.6 Å². The van der Waals surface area contributed by atoms with E-state index in [1.54, 1.807) is 11.8 Å². The summed E-state index contributed by atoms with van der Waals surface area (Å²) < 4.78 is 0. The van der Waals surface area contributed by atoms with E-state index >= 15 is 0 Å². The molecule has 0 radical (unpaired) electrons. The van der Waals surface area contributed by atoms with Crippen LogP contribution in [0.25, 0.3) is 0 Å². The molecule has 0 aromatic rings. The third kappa shape index (κ3) is 3.93. The maximum absolute atomic E-state index is 11.9. The molecule has 1 fully saturated rings. The number of hydrogen-bond donors (Lipinski definition) is 3. The summed E-state index contributed by atoms with van der Waals surface area (Å²) in [5, 5.41) is 13.8. The van der Waals surface area contributed by atoms with Crippen molar-refractivity contribution in [1.29, 1.82) is 0 Å². The normalized spacial score (nSPS) is 24.8. The second-order valence-electron chi connectivity index (χ2n) is 5.13. The van der Waals surface area contributed by atoms with E-state index in [2.05, 4.69) is 10.6 Å². The van der Waals surface area contributed by atoms with Crippen LogP contribution in [0.1, 0.15) is 33.1 Å². The van der Waals surface area contributed by atoms with Crippen LogP contribution in [0, 0.1) is 5.92 Å². The average Bonchev–Trinajstić information content (AvgIpc) is 2.45. The van der Waals surface area contributed by atoms with Crippen molar-refractivity contribution >= 4 is 17.9 Å². The molecule has 0 saturated carbocycles. The van der Waals surface area contributed by atoms with Gasteiger partial charge in [-0.05, 0) is 25.7 Å². The highest BCUT2D eigenvalue weighted by molar-refractivity contribution is 5.96. The van der Waals surface area contributed by atoms with Gasteiger partial charge in [-0.1, -0.05) is 13.3 Å². The summed E-state index contributed by atoms with van der Waals surface area (Å²) in [5.41, 5.74) is 0. The Bertz CT molecular complexity index is 386. The summed E-state index contributed by atoms with van der Waals surface area (Å²) in [7, 11) is 1.42. The van der Waals surface area contributed by atoms with Crippen molar-refractivity contribution in [3.8, 4) is 0 Å². The molecule has 1 heterocycles. The van der Waals surface area contributed by atoms with E-state index in [1.807, 2.05) is 6.92 Å². The number of likely N-dealkylation sites (tertiary alicyclic amines) is 1. The molecule has 7 nitrogen and oxygen atoms in total. The van der Waals surface area contributed by atoms with Crippen molar-refractivity contribution in [3.05, 3.63) is 0 Å². The summed E-state index contributed by atoms with van der Waals surface area (Å²) in [4.78, 5) is 36.1. The molecule has 0 aromatic heterocycles. The van der Waals surface area contributed by atoms with E-state index < -0.39 is 30.0 Å². The maximum atomic E-state index is 11.9. The Hall–Kier alpha value is -1.63. The van der Waals surface area contributed by atoms with Crippen LogP contribution in [0.2, 0.25) is 0 Å². The minimum absolute atomic E-state index is 0.376. The molecule has 3 amide bonds. The van der Waals surface area contributed by atoms with E-state index in [4.69, 9.17) is 0 Å². The first-order valence-electron chi connectivity index (χ1n) is 6.91. The molecule has 3 atom stereocenters. The van der Waals surface area contributed by atoms with Crippen LogP contribution in [-0.2, 0) is 9.59 Å². The molecule has 1 aliphatic heterocycles. The lowest BCUT2D eigenvalue weighted by Crippen LogP contribution is -2.56. The number of amides is 3. The lowest BCUT2D eigenvalue weighted by molar-refractivity contribution is -0.148. The maximum Gasteiger partial charge on any atom is 0.321 e.